The molecule has 1 amide bonds. The number of benzene rings is 1. The van der Waals surface area contributed by atoms with Crippen LogP contribution in [0.2, 0.25) is 0 Å². The minimum Gasteiger partial charge on any atom is -0.467 e. The summed E-state index contributed by atoms with van der Waals surface area (Å²) < 4.78 is 15.0. The van der Waals surface area contributed by atoms with Gasteiger partial charge in [0.1, 0.15) is 12.6 Å². The normalized spacial score (nSPS) is 12.4. The standard InChI is InChI=1S/C20H27NO6/c1-4-6-13-26-18(22)16(10-5-2)17(19(23)25-3)21-20(24)27-14-15-11-8-7-9-12-15/h5,7-9,11-12,16-17H,2,4,6,10,13-14H2,1,3H3,(H,21,24)/t16-,17-/m0/s1. The van der Waals surface area contributed by atoms with Gasteiger partial charge in [0.15, 0.2) is 0 Å². The fraction of sp³-hybridized carbons (Fsp3) is 0.450. The van der Waals surface area contributed by atoms with Crippen LogP contribution in [0.1, 0.15) is 31.7 Å². The van der Waals surface area contributed by atoms with Crippen molar-refractivity contribution in [3.8, 4) is 0 Å². The number of hydrogen-bond acceptors (Lipinski definition) is 6. The Kier molecular flexibility index (Phi) is 10.3. The average Bonchev–Trinajstić information content (AvgIpc) is 2.69. The third kappa shape index (κ3) is 7.94. The first-order valence-corrected chi connectivity index (χ1v) is 8.86. The summed E-state index contributed by atoms with van der Waals surface area (Å²) in [5, 5.41) is 2.41. The van der Waals surface area contributed by atoms with Crippen molar-refractivity contribution in [3.05, 3.63) is 48.6 Å². The van der Waals surface area contributed by atoms with Gasteiger partial charge in [-0.1, -0.05) is 49.8 Å². The van der Waals surface area contributed by atoms with Crippen molar-refractivity contribution in [2.75, 3.05) is 13.7 Å². The van der Waals surface area contributed by atoms with E-state index in [-0.39, 0.29) is 19.6 Å². The predicted molar refractivity (Wildman–Crippen MR) is 99.7 cm³/mol. The second-order valence-corrected chi connectivity index (χ2v) is 5.86. The molecule has 27 heavy (non-hydrogen) atoms. The summed E-state index contributed by atoms with van der Waals surface area (Å²) in [4.78, 5) is 36.6. The Balaban J connectivity index is 2.77. The predicted octanol–water partition coefficient (Wildman–Crippen LogP) is 2.99. The van der Waals surface area contributed by atoms with E-state index in [0.29, 0.717) is 6.42 Å². The third-order valence-corrected chi connectivity index (χ3v) is 3.81. The Morgan fingerprint density at radius 3 is 2.44 bits per heavy atom. The van der Waals surface area contributed by atoms with Gasteiger partial charge in [-0.15, -0.1) is 6.58 Å². The third-order valence-electron chi connectivity index (χ3n) is 3.81. The zero-order valence-electron chi connectivity index (χ0n) is 15.8. The zero-order valence-corrected chi connectivity index (χ0v) is 15.8. The van der Waals surface area contributed by atoms with Crippen molar-refractivity contribution in [2.45, 2.75) is 38.8 Å². The molecule has 0 bridgehead atoms. The van der Waals surface area contributed by atoms with E-state index >= 15 is 0 Å². The molecule has 148 valence electrons. The number of amides is 1. The van der Waals surface area contributed by atoms with Crippen LogP contribution in [0.25, 0.3) is 0 Å². The van der Waals surface area contributed by atoms with E-state index in [4.69, 9.17) is 14.2 Å². The summed E-state index contributed by atoms with van der Waals surface area (Å²) >= 11 is 0. The Bertz CT molecular complexity index is 616. The molecule has 1 rings (SSSR count). The van der Waals surface area contributed by atoms with Crippen LogP contribution in [0, 0.1) is 5.92 Å². The molecule has 0 saturated carbocycles. The Morgan fingerprint density at radius 2 is 1.85 bits per heavy atom. The molecule has 1 aromatic carbocycles. The van der Waals surface area contributed by atoms with Crippen LogP contribution in [0.3, 0.4) is 0 Å². The van der Waals surface area contributed by atoms with Crippen molar-refractivity contribution in [1.82, 2.24) is 5.32 Å². The van der Waals surface area contributed by atoms with Crippen LogP contribution < -0.4 is 5.32 Å². The molecule has 0 aromatic heterocycles. The van der Waals surface area contributed by atoms with E-state index in [1.807, 2.05) is 25.1 Å². The SMILES string of the molecule is C=CC[C@H](C(=O)OCCCC)[C@H](NC(=O)OCc1ccccc1)C(=O)OC. The Labute approximate surface area is 159 Å². The fourth-order valence-corrected chi connectivity index (χ4v) is 2.31. The molecule has 7 heteroatoms. The van der Waals surface area contributed by atoms with Crippen molar-refractivity contribution < 1.29 is 28.6 Å². The summed E-state index contributed by atoms with van der Waals surface area (Å²) in [7, 11) is 1.18. The molecule has 0 spiro atoms. The molecule has 0 unspecified atom stereocenters. The van der Waals surface area contributed by atoms with Gasteiger partial charge >= 0.3 is 18.0 Å². The van der Waals surface area contributed by atoms with E-state index in [9.17, 15) is 14.4 Å². The molecule has 1 N–H and O–H groups in total. The molecule has 0 saturated heterocycles. The number of hydrogen-bond donors (Lipinski definition) is 1. The van der Waals surface area contributed by atoms with Gasteiger partial charge in [-0.2, -0.15) is 0 Å². The van der Waals surface area contributed by atoms with Crippen LogP contribution in [-0.2, 0) is 30.4 Å². The minimum absolute atomic E-state index is 0.0354. The highest BCUT2D eigenvalue weighted by Crippen LogP contribution is 2.15. The lowest BCUT2D eigenvalue weighted by atomic mass is 9.96. The lowest BCUT2D eigenvalue weighted by Gasteiger charge is -2.23. The first-order chi connectivity index (χ1) is 13.0. The highest BCUT2D eigenvalue weighted by atomic mass is 16.6. The summed E-state index contributed by atoms with van der Waals surface area (Å²) in [5.41, 5.74) is 0.795. The molecule has 1 aromatic rings. The summed E-state index contributed by atoms with van der Waals surface area (Å²) in [5.74, 6) is -2.30. The number of esters is 2. The van der Waals surface area contributed by atoms with Crippen molar-refractivity contribution in [2.24, 2.45) is 5.92 Å². The molecule has 0 heterocycles. The lowest BCUT2D eigenvalue weighted by Crippen LogP contribution is -2.49. The molecule has 7 nitrogen and oxygen atoms in total. The van der Waals surface area contributed by atoms with E-state index in [1.54, 1.807) is 12.1 Å². The molecular weight excluding hydrogens is 350 g/mol. The van der Waals surface area contributed by atoms with E-state index in [0.717, 1.165) is 12.0 Å². The maximum absolute atomic E-state index is 12.4. The largest absolute Gasteiger partial charge is 0.467 e. The second kappa shape index (κ2) is 12.5. The van der Waals surface area contributed by atoms with E-state index < -0.39 is 30.0 Å². The molecule has 0 aliphatic carbocycles. The first-order valence-electron chi connectivity index (χ1n) is 8.86. The molecule has 0 radical (unpaired) electrons. The molecule has 0 fully saturated rings. The van der Waals surface area contributed by atoms with Crippen LogP contribution in [0.5, 0.6) is 0 Å². The number of nitrogens with one attached hydrogen (secondary N) is 1. The Morgan fingerprint density at radius 1 is 1.15 bits per heavy atom. The van der Waals surface area contributed by atoms with Gasteiger partial charge in [0.05, 0.1) is 19.6 Å². The molecule has 0 aliphatic heterocycles. The summed E-state index contributed by atoms with van der Waals surface area (Å²) in [6.07, 6.45) is 2.37. The summed E-state index contributed by atoms with van der Waals surface area (Å²) in [6, 6.07) is 7.86. The number of rotatable bonds is 11. The Hall–Kier alpha value is -2.83. The lowest BCUT2D eigenvalue weighted by molar-refractivity contribution is -0.156. The van der Waals surface area contributed by atoms with Gasteiger partial charge in [-0.3, -0.25) is 4.79 Å². The van der Waals surface area contributed by atoms with Crippen LogP contribution in [0.4, 0.5) is 4.79 Å². The fourth-order valence-electron chi connectivity index (χ4n) is 2.31. The van der Waals surface area contributed by atoms with Gasteiger partial charge in [-0.05, 0) is 18.4 Å². The van der Waals surface area contributed by atoms with Gasteiger partial charge in [-0.25, -0.2) is 9.59 Å². The van der Waals surface area contributed by atoms with Crippen molar-refractivity contribution >= 4 is 18.0 Å². The number of unbranched alkanes of at least 4 members (excludes halogenated alkanes) is 1. The maximum Gasteiger partial charge on any atom is 0.408 e. The highest BCUT2D eigenvalue weighted by molar-refractivity contribution is 5.87. The average molecular weight is 377 g/mol. The number of ether oxygens (including phenoxy) is 3. The van der Waals surface area contributed by atoms with Crippen LogP contribution >= 0.6 is 0 Å². The van der Waals surface area contributed by atoms with Crippen LogP contribution in [0.15, 0.2) is 43.0 Å². The van der Waals surface area contributed by atoms with Gasteiger partial charge < -0.3 is 19.5 Å². The van der Waals surface area contributed by atoms with E-state index in [2.05, 4.69) is 11.9 Å². The maximum atomic E-state index is 12.4. The minimum atomic E-state index is -1.23. The topological polar surface area (TPSA) is 90.9 Å². The smallest absolute Gasteiger partial charge is 0.408 e. The number of carbonyl (C=O) groups is 3. The van der Waals surface area contributed by atoms with E-state index in [1.165, 1.54) is 13.2 Å². The second-order valence-electron chi connectivity index (χ2n) is 5.86. The van der Waals surface area contributed by atoms with Gasteiger partial charge in [0.2, 0.25) is 0 Å². The monoisotopic (exact) mass is 377 g/mol. The molecule has 0 aliphatic rings. The number of carbonyl (C=O) groups excluding carboxylic acids is 3. The van der Waals surface area contributed by atoms with Gasteiger partial charge in [0.25, 0.3) is 0 Å². The van der Waals surface area contributed by atoms with Crippen LogP contribution in [-0.4, -0.2) is 37.8 Å². The first kappa shape index (κ1) is 22.2. The number of methoxy groups -OCH3 is 1. The molecule has 2 atom stereocenters. The summed E-state index contributed by atoms with van der Waals surface area (Å²) in [6.45, 7) is 5.85. The number of allylic oxidation sites excluding steroid dienone is 1. The quantitative estimate of drug-likeness (QED) is 0.276. The van der Waals surface area contributed by atoms with Crippen molar-refractivity contribution in [1.29, 1.82) is 0 Å². The zero-order chi connectivity index (χ0) is 20.1. The van der Waals surface area contributed by atoms with Gasteiger partial charge in [0, 0.05) is 0 Å². The number of alkyl carbamates (subject to hydrolysis) is 1. The van der Waals surface area contributed by atoms with Crippen molar-refractivity contribution in [3.63, 3.8) is 0 Å². The highest BCUT2D eigenvalue weighted by Gasteiger charge is 2.36. The molecular formula is C20H27NO6.